The van der Waals surface area contributed by atoms with Crippen LogP contribution in [0.2, 0.25) is 0 Å². The van der Waals surface area contributed by atoms with Gasteiger partial charge in [-0.15, -0.1) is 0 Å². The van der Waals surface area contributed by atoms with Crippen molar-refractivity contribution in [1.82, 2.24) is 5.32 Å². The Morgan fingerprint density at radius 1 is 1.35 bits per heavy atom. The van der Waals surface area contributed by atoms with Gasteiger partial charge in [-0.1, -0.05) is 13.8 Å². The number of aliphatic hydroxyl groups excluding tert-OH is 1. The van der Waals surface area contributed by atoms with Crippen molar-refractivity contribution in [2.24, 2.45) is 5.41 Å². The Balaban J connectivity index is 1.76. The fourth-order valence-electron chi connectivity index (χ4n) is 2.63. The van der Waals surface area contributed by atoms with Crippen LogP contribution >= 0.6 is 0 Å². The van der Waals surface area contributed by atoms with Crippen molar-refractivity contribution in [2.75, 3.05) is 6.54 Å². The van der Waals surface area contributed by atoms with E-state index >= 15 is 0 Å². The van der Waals surface area contributed by atoms with E-state index in [0.717, 1.165) is 25.7 Å². The molecule has 4 nitrogen and oxygen atoms in total. The molecule has 2 fully saturated rings. The van der Waals surface area contributed by atoms with Crippen LogP contribution in [0, 0.1) is 5.41 Å². The number of β-amino-alcohol motifs (C(OH)–C–C–N with tert-alkyl or cyclic N) is 1. The summed E-state index contributed by atoms with van der Waals surface area (Å²) >= 11 is 0. The molecule has 17 heavy (non-hydrogen) atoms. The zero-order valence-corrected chi connectivity index (χ0v) is 10.7. The Bertz CT molecular complexity index is 280. The van der Waals surface area contributed by atoms with Crippen LogP contribution in [0.25, 0.3) is 0 Å². The Kier molecular flexibility index (Phi) is 3.73. The number of carbonyl (C=O) groups excluding carboxylic acids is 1. The average molecular weight is 241 g/mol. The SMILES string of the molecule is CC1(C)CCC(OC(=O)[C@H]2C[C@@H](O)CN2)CC1. The molecule has 1 aliphatic heterocycles. The Hall–Kier alpha value is -0.610. The molecule has 0 radical (unpaired) electrons. The highest BCUT2D eigenvalue weighted by molar-refractivity contribution is 5.76. The van der Waals surface area contributed by atoms with Gasteiger partial charge in [-0.2, -0.15) is 0 Å². The molecule has 1 saturated carbocycles. The molecule has 2 aliphatic rings. The first-order chi connectivity index (χ1) is 7.96. The molecule has 98 valence electrons. The van der Waals surface area contributed by atoms with Gasteiger partial charge in [0.05, 0.1) is 6.10 Å². The van der Waals surface area contributed by atoms with E-state index in [1.165, 1.54) is 0 Å². The van der Waals surface area contributed by atoms with Gasteiger partial charge < -0.3 is 15.2 Å². The molecule has 0 bridgehead atoms. The Morgan fingerprint density at radius 3 is 2.53 bits per heavy atom. The van der Waals surface area contributed by atoms with Crippen LogP contribution in [0.15, 0.2) is 0 Å². The number of esters is 1. The lowest BCUT2D eigenvalue weighted by Crippen LogP contribution is -2.36. The quantitative estimate of drug-likeness (QED) is 0.714. The number of nitrogens with one attached hydrogen (secondary N) is 1. The van der Waals surface area contributed by atoms with Crippen LogP contribution in [-0.4, -0.2) is 35.9 Å². The minimum Gasteiger partial charge on any atom is -0.461 e. The molecule has 1 aliphatic carbocycles. The second-order valence-corrected chi connectivity index (χ2v) is 6.15. The van der Waals surface area contributed by atoms with Crippen molar-refractivity contribution in [3.63, 3.8) is 0 Å². The third kappa shape index (κ3) is 3.42. The molecule has 0 amide bonds. The summed E-state index contributed by atoms with van der Waals surface area (Å²) in [6, 6.07) is -0.306. The molecule has 0 aromatic rings. The lowest BCUT2D eigenvalue weighted by atomic mass is 9.76. The first-order valence-corrected chi connectivity index (χ1v) is 6.58. The molecule has 2 N–H and O–H groups in total. The number of rotatable bonds is 2. The summed E-state index contributed by atoms with van der Waals surface area (Å²) in [5.74, 6) is -0.189. The lowest BCUT2D eigenvalue weighted by Gasteiger charge is -2.34. The molecule has 0 aromatic heterocycles. The van der Waals surface area contributed by atoms with E-state index in [4.69, 9.17) is 4.74 Å². The van der Waals surface area contributed by atoms with E-state index in [2.05, 4.69) is 19.2 Å². The molecule has 1 saturated heterocycles. The van der Waals surface area contributed by atoms with Crippen molar-refractivity contribution < 1.29 is 14.6 Å². The highest BCUT2D eigenvalue weighted by atomic mass is 16.5. The van der Waals surface area contributed by atoms with E-state index in [-0.39, 0.29) is 18.1 Å². The van der Waals surface area contributed by atoms with E-state index in [0.29, 0.717) is 18.4 Å². The molecular weight excluding hydrogens is 218 g/mol. The zero-order valence-electron chi connectivity index (χ0n) is 10.7. The lowest BCUT2D eigenvalue weighted by molar-refractivity contribution is -0.153. The van der Waals surface area contributed by atoms with Crippen LogP contribution in [0.3, 0.4) is 0 Å². The standard InChI is InChI=1S/C13H23NO3/c1-13(2)5-3-10(4-6-13)17-12(16)11-7-9(15)8-14-11/h9-11,14-15H,3-8H2,1-2H3/t9-,11-/m1/s1. The van der Waals surface area contributed by atoms with Gasteiger partial charge in [0.25, 0.3) is 0 Å². The highest BCUT2D eigenvalue weighted by Crippen LogP contribution is 2.36. The summed E-state index contributed by atoms with van der Waals surface area (Å²) < 4.78 is 5.50. The number of ether oxygens (including phenoxy) is 1. The van der Waals surface area contributed by atoms with Crippen molar-refractivity contribution in [3.05, 3.63) is 0 Å². The molecule has 2 atom stereocenters. The summed E-state index contributed by atoms with van der Waals surface area (Å²) in [5.41, 5.74) is 0.394. The topological polar surface area (TPSA) is 58.6 Å². The third-order valence-corrected chi connectivity index (χ3v) is 3.96. The smallest absolute Gasteiger partial charge is 0.323 e. The van der Waals surface area contributed by atoms with Crippen LogP contribution in [0.5, 0.6) is 0 Å². The number of aliphatic hydroxyl groups is 1. The fraction of sp³-hybridized carbons (Fsp3) is 0.923. The van der Waals surface area contributed by atoms with Gasteiger partial charge in [-0.3, -0.25) is 4.79 Å². The normalized spacial score (nSPS) is 33.6. The monoisotopic (exact) mass is 241 g/mol. The van der Waals surface area contributed by atoms with E-state index in [1.54, 1.807) is 0 Å². The van der Waals surface area contributed by atoms with Gasteiger partial charge in [-0.05, 0) is 31.1 Å². The zero-order chi connectivity index (χ0) is 12.5. The molecule has 4 heteroatoms. The van der Waals surface area contributed by atoms with Gasteiger partial charge in [0.1, 0.15) is 12.1 Å². The minimum atomic E-state index is -0.405. The predicted octanol–water partition coefficient (Wildman–Crippen LogP) is 1.22. The maximum absolute atomic E-state index is 11.8. The number of hydrogen-bond acceptors (Lipinski definition) is 4. The molecule has 1 heterocycles. The van der Waals surface area contributed by atoms with Gasteiger partial charge >= 0.3 is 5.97 Å². The maximum Gasteiger partial charge on any atom is 0.323 e. The van der Waals surface area contributed by atoms with E-state index < -0.39 is 6.10 Å². The Morgan fingerprint density at radius 2 is 2.00 bits per heavy atom. The van der Waals surface area contributed by atoms with Crippen LogP contribution < -0.4 is 5.32 Å². The van der Waals surface area contributed by atoms with E-state index in [9.17, 15) is 9.90 Å². The number of hydrogen-bond donors (Lipinski definition) is 2. The van der Waals surface area contributed by atoms with Gasteiger partial charge in [0, 0.05) is 13.0 Å². The van der Waals surface area contributed by atoms with Gasteiger partial charge in [0.2, 0.25) is 0 Å². The van der Waals surface area contributed by atoms with E-state index in [1.807, 2.05) is 0 Å². The van der Waals surface area contributed by atoms with Crippen molar-refractivity contribution in [1.29, 1.82) is 0 Å². The summed E-state index contributed by atoms with van der Waals surface area (Å²) in [5, 5.41) is 12.3. The fourth-order valence-corrected chi connectivity index (χ4v) is 2.63. The minimum absolute atomic E-state index is 0.0788. The summed E-state index contributed by atoms with van der Waals surface area (Å²) in [7, 11) is 0. The van der Waals surface area contributed by atoms with Gasteiger partial charge in [0.15, 0.2) is 0 Å². The first-order valence-electron chi connectivity index (χ1n) is 6.58. The summed E-state index contributed by atoms with van der Waals surface area (Å²) in [4.78, 5) is 11.8. The van der Waals surface area contributed by atoms with Crippen molar-refractivity contribution in [3.8, 4) is 0 Å². The summed E-state index contributed by atoms with van der Waals surface area (Å²) in [6.45, 7) is 5.03. The second kappa shape index (κ2) is 4.94. The van der Waals surface area contributed by atoms with Crippen LogP contribution in [-0.2, 0) is 9.53 Å². The first kappa shape index (κ1) is 12.8. The number of carbonyl (C=O) groups is 1. The molecule has 0 spiro atoms. The van der Waals surface area contributed by atoms with Crippen LogP contribution in [0.1, 0.15) is 46.0 Å². The van der Waals surface area contributed by atoms with Crippen molar-refractivity contribution >= 4 is 5.97 Å². The maximum atomic E-state index is 11.8. The molecule has 0 unspecified atom stereocenters. The summed E-state index contributed by atoms with van der Waals surface area (Å²) in [6.07, 6.45) is 4.32. The largest absolute Gasteiger partial charge is 0.461 e. The average Bonchev–Trinajstić information content (AvgIpc) is 2.68. The highest BCUT2D eigenvalue weighted by Gasteiger charge is 2.33. The third-order valence-electron chi connectivity index (χ3n) is 3.96. The molecule has 0 aromatic carbocycles. The van der Waals surface area contributed by atoms with Gasteiger partial charge in [-0.25, -0.2) is 0 Å². The molecule has 2 rings (SSSR count). The second-order valence-electron chi connectivity index (χ2n) is 6.15. The van der Waals surface area contributed by atoms with Crippen LogP contribution in [0.4, 0.5) is 0 Å². The molecular formula is C13H23NO3. The predicted molar refractivity (Wildman–Crippen MR) is 64.5 cm³/mol. The Labute approximate surface area is 103 Å². The van der Waals surface area contributed by atoms with Crippen molar-refractivity contribution in [2.45, 2.75) is 64.2 Å².